The van der Waals surface area contributed by atoms with E-state index in [4.69, 9.17) is 4.74 Å². The van der Waals surface area contributed by atoms with Gasteiger partial charge in [-0.2, -0.15) is 0 Å². The van der Waals surface area contributed by atoms with E-state index in [2.05, 4.69) is 0 Å². The van der Waals surface area contributed by atoms with E-state index in [9.17, 15) is 14.7 Å². The van der Waals surface area contributed by atoms with E-state index < -0.39 is 11.7 Å². The van der Waals surface area contributed by atoms with Gasteiger partial charge in [0, 0.05) is 6.42 Å². The van der Waals surface area contributed by atoms with Gasteiger partial charge in [-0.3, -0.25) is 9.59 Å². The minimum Gasteiger partial charge on any atom is -0.479 e. The Morgan fingerprint density at radius 1 is 1.45 bits per heavy atom. The predicted molar refractivity (Wildman–Crippen MR) is 77.1 cm³/mol. The molecule has 0 saturated heterocycles. The third-order valence-electron chi connectivity index (χ3n) is 3.92. The number of rotatable bonds is 6. The molecule has 3 atom stereocenters. The highest BCUT2D eigenvalue weighted by Gasteiger charge is 2.43. The largest absolute Gasteiger partial charge is 0.479 e. The van der Waals surface area contributed by atoms with Crippen LogP contribution in [0.4, 0.5) is 0 Å². The van der Waals surface area contributed by atoms with Crippen molar-refractivity contribution >= 4 is 12.1 Å². The van der Waals surface area contributed by atoms with Crippen LogP contribution in [-0.4, -0.2) is 28.9 Å². The molecule has 0 amide bonds. The Bertz CT molecular complexity index is 461. The van der Waals surface area contributed by atoms with Gasteiger partial charge in [-0.1, -0.05) is 27.2 Å². The van der Waals surface area contributed by atoms with Gasteiger partial charge in [0.1, 0.15) is 5.76 Å². The average Bonchev–Trinajstić information content (AvgIpc) is 2.68. The lowest BCUT2D eigenvalue weighted by atomic mass is 9.90. The zero-order valence-corrected chi connectivity index (χ0v) is 12.9. The number of carbonyl (C=O) groups excluding carboxylic acids is 2. The second-order valence-corrected chi connectivity index (χ2v) is 5.57. The summed E-state index contributed by atoms with van der Waals surface area (Å²) >= 11 is 0. The van der Waals surface area contributed by atoms with Crippen LogP contribution in [0.15, 0.2) is 23.0 Å². The molecule has 0 aromatic rings. The van der Waals surface area contributed by atoms with Crippen molar-refractivity contribution in [3.05, 3.63) is 23.0 Å². The number of Topliss-reactive ketones (excluding diaryl/α,β-unsaturated/α-hetero) is 1. The fourth-order valence-corrected chi connectivity index (χ4v) is 2.42. The molecule has 0 spiro atoms. The van der Waals surface area contributed by atoms with Gasteiger partial charge in [0.15, 0.2) is 11.9 Å². The van der Waals surface area contributed by atoms with E-state index >= 15 is 0 Å². The van der Waals surface area contributed by atoms with Gasteiger partial charge in [0.2, 0.25) is 5.78 Å². The average molecular weight is 280 g/mol. The summed E-state index contributed by atoms with van der Waals surface area (Å²) in [5.41, 5.74) is -0.380. The molecule has 4 nitrogen and oxygen atoms in total. The van der Waals surface area contributed by atoms with Crippen LogP contribution >= 0.6 is 0 Å². The van der Waals surface area contributed by atoms with Crippen LogP contribution in [0.25, 0.3) is 0 Å². The van der Waals surface area contributed by atoms with Gasteiger partial charge >= 0.3 is 0 Å². The molecule has 0 fully saturated rings. The molecule has 0 unspecified atom stereocenters. The highest BCUT2D eigenvalue weighted by molar-refractivity contribution is 6.18. The van der Waals surface area contributed by atoms with Crippen molar-refractivity contribution in [3.8, 4) is 0 Å². The summed E-state index contributed by atoms with van der Waals surface area (Å²) in [7, 11) is 0. The van der Waals surface area contributed by atoms with Crippen molar-refractivity contribution < 1.29 is 19.4 Å². The molecule has 0 aromatic heterocycles. The molecule has 1 aliphatic rings. The van der Waals surface area contributed by atoms with Crippen molar-refractivity contribution in [3.63, 3.8) is 0 Å². The topological polar surface area (TPSA) is 63.6 Å². The molecular weight excluding hydrogens is 256 g/mol. The molecular formula is C16H24O4. The van der Waals surface area contributed by atoms with Crippen LogP contribution in [0.2, 0.25) is 0 Å². The number of carbonyl (C=O) groups is 2. The maximum atomic E-state index is 12.3. The van der Waals surface area contributed by atoms with E-state index in [0.717, 1.165) is 6.42 Å². The normalized spacial score (nSPS) is 26.5. The Kier molecular flexibility index (Phi) is 5.28. The summed E-state index contributed by atoms with van der Waals surface area (Å²) in [5, 5.41) is 10.2. The van der Waals surface area contributed by atoms with Crippen LogP contribution in [0.1, 0.15) is 47.5 Å². The zero-order valence-electron chi connectivity index (χ0n) is 12.9. The molecule has 4 heteroatoms. The lowest BCUT2D eigenvalue weighted by Crippen LogP contribution is -2.33. The number of aldehydes is 1. The highest BCUT2D eigenvalue weighted by atomic mass is 16.5. The summed E-state index contributed by atoms with van der Waals surface area (Å²) < 4.78 is 5.66. The van der Waals surface area contributed by atoms with Crippen molar-refractivity contribution in [1.82, 2.24) is 0 Å². The zero-order chi connectivity index (χ0) is 15.5. The third-order valence-corrected chi connectivity index (χ3v) is 3.92. The van der Waals surface area contributed by atoms with E-state index in [1.807, 2.05) is 20.8 Å². The van der Waals surface area contributed by atoms with Gasteiger partial charge < -0.3 is 9.84 Å². The van der Waals surface area contributed by atoms with Crippen LogP contribution < -0.4 is 0 Å². The van der Waals surface area contributed by atoms with Gasteiger partial charge in [-0.15, -0.1) is 0 Å². The van der Waals surface area contributed by atoms with Crippen molar-refractivity contribution in [2.45, 2.75) is 59.2 Å². The van der Waals surface area contributed by atoms with Crippen molar-refractivity contribution in [1.29, 1.82) is 0 Å². The van der Waals surface area contributed by atoms with Crippen molar-refractivity contribution in [2.24, 2.45) is 5.92 Å². The number of allylic oxidation sites excluding steroid dienone is 1. The summed E-state index contributed by atoms with van der Waals surface area (Å²) in [6, 6.07) is 0. The lowest BCUT2D eigenvalue weighted by molar-refractivity contribution is -0.126. The molecule has 0 saturated carbocycles. The minimum atomic E-state index is -1.18. The monoisotopic (exact) mass is 280 g/mol. The van der Waals surface area contributed by atoms with E-state index in [1.54, 1.807) is 19.9 Å². The second-order valence-electron chi connectivity index (χ2n) is 5.57. The van der Waals surface area contributed by atoms with Crippen LogP contribution in [-0.2, 0) is 14.3 Å². The Morgan fingerprint density at radius 2 is 2.05 bits per heavy atom. The van der Waals surface area contributed by atoms with Gasteiger partial charge in [0.25, 0.3) is 0 Å². The van der Waals surface area contributed by atoms with Crippen molar-refractivity contribution in [2.75, 3.05) is 0 Å². The molecule has 1 heterocycles. The van der Waals surface area contributed by atoms with Gasteiger partial charge in [0.05, 0.1) is 11.7 Å². The quantitative estimate of drug-likeness (QED) is 0.461. The number of hydrogen-bond acceptors (Lipinski definition) is 4. The predicted octanol–water partition coefficient (Wildman–Crippen LogP) is 2.56. The van der Waals surface area contributed by atoms with Gasteiger partial charge in [-0.25, -0.2) is 0 Å². The Balaban J connectivity index is 3.04. The van der Waals surface area contributed by atoms with Crippen LogP contribution in [0.3, 0.4) is 0 Å². The number of aliphatic hydroxyl groups excluding tert-OH is 1. The fourth-order valence-electron chi connectivity index (χ4n) is 2.42. The van der Waals surface area contributed by atoms with Gasteiger partial charge in [-0.05, 0) is 31.4 Å². The van der Waals surface area contributed by atoms with Crippen LogP contribution in [0.5, 0.6) is 0 Å². The molecule has 0 aliphatic carbocycles. The first kappa shape index (κ1) is 16.6. The smallest absolute Gasteiger partial charge is 0.216 e. The maximum absolute atomic E-state index is 12.3. The first-order valence-electron chi connectivity index (χ1n) is 7.10. The maximum Gasteiger partial charge on any atom is 0.216 e. The van der Waals surface area contributed by atoms with E-state index in [1.165, 1.54) is 0 Å². The molecule has 1 aliphatic heterocycles. The number of ether oxygens (including phenoxy) is 1. The number of hydrogen-bond donors (Lipinski definition) is 1. The SMILES string of the molecule is CCC1=C(C=O)C(=O)[C@](C)(/C=C(\C)[C@H](O)[C@@H](C)CC)O1. The molecule has 20 heavy (non-hydrogen) atoms. The first-order chi connectivity index (χ1) is 9.30. The molecule has 0 bridgehead atoms. The summed E-state index contributed by atoms with van der Waals surface area (Å²) in [5.74, 6) is 0.199. The second kappa shape index (κ2) is 6.35. The summed E-state index contributed by atoms with van der Waals surface area (Å²) in [4.78, 5) is 23.3. The summed E-state index contributed by atoms with van der Waals surface area (Å²) in [6.45, 7) is 9.20. The molecule has 1 N–H and O–H groups in total. The number of ketones is 1. The number of aliphatic hydroxyl groups is 1. The standard InChI is InChI=1S/C16H24O4/c1-6-10(3)14(18)11(4)8-16(5)15(19)12(9-17)13(7-2)20-16/h8-10,14,18H,6-7H2,1-5H3/b11-8+/t10-,14+,16-/m0/s1. The molecule has 112 valence electrons. The Labute approximate surface area is 120 Å². The minimum absolute atomic E-state index is 0.107. The Morgan fingerprint density at radius 3 is 2.45 bits per heavy atom. The molecule has 1 rings (SSSR count). The van der Waals surface area contributed by atoms with E-state index in [0.29, 0.717) is 24.0 Å². The first-order valence-corrected chi connectivity index (χ1v) is 7.10. The Hall–Kier alpha value is -1.42. The molecule has 0 aromatic carbocycles. The molecule has 0 radical (unpaired) electrons. The third kappa shape index (κ3) is 3.01. The summed E-state index contributed by atoms with van der Waals surface area (Å²) in [6.07, 6.45) is 2.92. The highest BCUT2D eigenvalue weighted by Crippen LogP contribution is 2.34. The lowest BCUT2D eigenvalue weighted by Gasteiger charge is -2.24. The van der Waals surface area contributed by atoms with Crippen LogP contribution in [0, 0.1) is 5.92 Å². The van der Waals surface area contributed by atoms with E-state index in [-0.39, 0.29) is 17.3 Å². The fraction of sp³-hybridized carbons (Fsp3) is 0.625.